The molecule has 0 radical (unpaired) electrons. The number of halogens is 1. The van der Waals surface area contributed by atoms with Crippen LogP contribution in [0.2, 0.25) is 5.02 Å². The predicted molar refractivity (Wildman–Crippen MR) is 101 cm³/mol. The molecule has 140 valence electrons. The first-order valence-corrected chi connectivity index (χ1v) is 9.67. The van der Waals surface area contributed by atoms with E-state index in [1.807, 2.05) is 25.1 Å². The van der Waals surface area contributed by atoms with E-state index in [0.29, 0.717) is 12.3 Å². The van der Waals surface area contributed by atoms with E-state index in [2.05, 4.69) is 4.72 Å². The fourth-order valence-corrected chi connectivity index (χ4v) is 3.78. The number of carbonyl (C=O) groups is 1. The SMILES string of the molecule is CNS(=O)(=O)c1cc(C(=O)N(C)Cc2cc(C)ccc2OC)ccc1Cl. The van der Waals surface area contributed by atoms with Gasteiger partial charge in [0, 0.05) is 24.7 Å². The van der Waals surface area contributed by atoms with Crippen molar-refractivity contribution in [2.45, 2.75) is 18.4 Å². The Morgan fingerprint density at radius 3 is 2.54 bits per heavy atom. The van der Waals surface area contributed by atoms with Crippen LogP contribution >= 0.6 is 11.6 Å². The van der Waals surface area contributed by atoms with Gasteiger partial charge < -0.3 is 9.64 Å². The van der Waals surface area contributed by atoms with E-state index in [4.69, 9.17) is 16.3 Å². The highest BCUT2D eigenvalue weighted by molar-refractivity contribution is 7.89. The molecule has 0 saturated carbocycles. The molecule has 0 bridgehead atoms. The Morgan fingerprint density at radius 1 is 1.23 bits per heavy atom. The van der Waals surface area contributed by atoms with Crippen molar-refractivity contribution in [3.8, 4) is 5.75 Å². The molecule has 0 fully saturated rings. The third-order valence-corrected chi connectivity index (χ3v) is 5.82. The van der Waals surface area contributed by atoms with Gasteiger partial charge in [0.2, 0.25) is 10.0 Å². The largest absolute Gasteiger partial charge is 0.496 e. The second-order valence-corrected chi connectivity index (χ2v) is 8.09. The van der Waals surface area contributed by atoms with Gasteiger partial charge in [-0.2, -0.15) is 0 Å². The number of benzene rings is 2. The lowest BCUT2D eigenvalue weighted by atomic mass is 10.1. The van der Waals surface area contributed by atoms with Crippen LogP contribution in [0.3, 0.4) is 0 Å². The molecule has 0 saturated heterocycles. The van der Waals surface area contributed by atoms with E-state index < -0.39 is 10.0 Å². The Hall–Kier alpha value is -2.09. The lowest BCUT2D eigenvalue weighted by Crippen LogP contribution is -2.27. The highest BCUT2D eigenvalue weighted by atomic mass is 35.5. The molecule has 8 heteroatoms. The molecule has 0 aliphatic carbocycles. The second-order valence-electron chi connectivity index (χ2n) is 5.83. The zero-order chi connectivity index (χ0) is 19.5. The second kappa shape index (κ2) is 8.07. The topological polar surface area (TPSA) is 75.7 Å². The number of methoxy groups -OCH3 is 1. The summed E-state index contributed by atoms with van der Waals surface area (Å²) in [5.41, 5.74) is 2.15. The molecule has 1 N–H and O–H groups in total. The number of sulfonamides is 1. The van der Waals surface area contributed by atoms with Crippen molar-refractivity contribution in [3.05, 3.63) is 58.1 Å². The van der Waals surface area contributed by atoms with Gasteiger partial charge in [-0.15, -0.1) is 0 Å². The van der Waals surface area contributed by atoms with Crippen LogP contribution in [-0.4, -0.2) is 40.4 Å². The summed E-state index contributed by atoms with van der Waals surface area (Å²) in [6, 6.07) is 9.91. The minimum absolute atomic E-state index is 0.0545. The van der Waals surface area contributed by atoms with Crippen LogP contribution < -0.4 is 9.46 Å². The van der Waals surface area contributed by atoms with Gasteiger partial charge in [-0.3, -0.25) is 4.79 Å². The molecule has 0 aliphatic rings. The van der Waals surface area contributed by atoms with E-state index in [-0.39, 0.29) is 21.4 Å². The zero-order valence-electron chi connectivity index (χ0n) is 15.0. The summed E-state index contributed by atoms with van der Waals surface area (Å²) in [5, 5.41) is 0.0545. The number of hydrogen-bond acceptors (Lipinski definition) is 4. The highest BCUT2D eigenvalue weighted by Crippen LogP contribution is 2.25. The normalized spacial score (nSPS) is 11.3. The first-order valence-electron chi connectivity index (χ1n) is 7.81. The lowest BCUT2D eigenvalue weighted by molar-refractivity contribution is 0.0784. The van der Waals surface area contributed by atoms with Crippen LogP contribution in [0.4, 0.5) is 0 Å². The van der Waals surface area contributed by atoms with E-state index in [9.17, 15) is 13.2 Å². The van der Waals surface area contributed by atoms with Gasteiger partial charge in [0.25, 0.3) is 5.91 Å². The average Bonchev–Trinajstić information content (AvgIpc) is 2.61. The Kier molecular flexibility index (Phi) is 6.28. The fraction of sp³-hybridized carbons (Fsp3) is 0.278. The van der Waals surface area contributed by atoms with Crippen LogP contribution in [0.5, 0.6) is 5.75 Å². The molecule has 6 nitrogen and oxygen atoms in total. The molecule has 0 atom stereocenters. The smallest absolute Gasteiger partial charge is 0.253 e. The number of amides is 1. The van der Waals surface area contributed by atoms with Gasteiger partial charge in [-0.1, -0.05) is 29.3 Å². The third-order valence-electron chi connectivity index (χ3n) is 3.93. The van der Waals surface area contributed by atoms with Crippen LogP contribution in [0, 0.1) is 6.92 Å². The number of nitrogens with zero attached hydrogens (tertiary/aromatic N) is 1. The molecule has 0 aliphatic heterocycles. The summed E-state index contributed by atoms with van der Waals surface area (Å²) in [6.45, 7) is 2.28. The van der Waals surface area contributed by atoms with E-state index in [1.165, 1.54) is 30.1 Å². The minimum Gasteiger partial charge on any atom is -0.496 e. The van der Waals surface area contributed by atoms with Crippen LogP contribution in [0.25, 0.3) is 0 Å². The summed E-state index contributed by atoms with van der Waals surface area (Å²) in [7, 11) is 0.747. The molecule has 2 rings (SSSR count). The van der Waals surface area contributed by atoms with Crippen molar-refractivity contribution in [1.82, 2.24) is 9.62 Å². The standard InChI is InChI=1S/C18H21ClN2O4S/c1-12-5-8-16(25-4)14(9-12)11-21(3)18(22)13-6-7-15(19)17(10-13)26(23,24)20-2/h5-10,20H,11H2,1-4H3. The summed E-state index contributed by atoms with van der Waals surface area (Å²) < 4.78 is 31.6. The minimum atomic E-state index is -3.76. The summed E-state index contributed by atoms with van der Waals surface area (Å²) in [6.07, 6.45) is 0. The Labute approximate surface area is 158 Å². The summed E-state index contributed by atoms with van der Waals surface area (Å²) >= 11 is 5.97. The van der Waals surface area contributed by atoms with Gasteiger partial charge in [-0.05, 0) is 38.2 Å². The fourth-order valence-electron chi connectivity index (χ4n) is 2.53. The molecule has 0 aromatic heterocycles. The summed E-state index contributed by atoms with van der Waals surface area (Å²) in [4.78, 5) is 14.1. The number of nitrogens with one attached hydrogen (secondary N) is 1. The number of hydrogen-bond donors (Lipinski definition) is 1. The van der Waals surface area contributed by atoms with Crippen molar-refractivity contribution in [1.29, 1.82) is 0 Å². The monoisotopic (exact) mass is 396 g/mol. The van der Waals surface area contributed by atoms with Gasteiger partial charge in [0.05, 0.1) is 12.1 Å². The Morgan fingerprint density at radius 2 is 1.92 bits per heavy atom. The van der Waals surface area contributed by atoms with Crippen LogP contribution in [-0.2, 0) is 16.6 Å². The van der Waals surface area contributed by atoms with Crippen molar-refractivity contribution < 1.29 is 17.9 Å². The number of rotatable bonds is 6. The maximum absolute atomic E-state index is 12.7. The lowest BCUT2D eigenvalue weighted by Gasteiger charge is -2.20. The van der Waals surface area contributed by atoms with Crippen molar-refractivity contribution in [3.63, 3.8) is 0 Å². The molecule has 2 aromatic carbocycles. The maximum atomic E-state index is 12.7. The van der Waals surface area contributed by atoms with Crippen molar-refractivity contribution in [2.75, 3.05) is 21.2 Å². The van der Waals surface area contributed by atoms with Gasteiger partial charge in [0.1, 0.15) is 10.6 Å². The molecule has 0 unspecified atom stereocenters. The molecular weight excluding hydrogens is 376 g/mol. The van der Waals surface area contributed by atoms with Gasteiger partial charge in [-0.25, -0.2) is 13.1 Å². The molecule has 0 spiro atoms. The molecule has 2 aromatic rings. The van der Waals surface area contributed by atoms with Crippen LogP contribution in [0.1, 0.15) is 21.5 Å². The van der Waals surface area contributed by atoms with Gasteiger partial charge >= 0.3 is 0 Å². The molecular formula is C18H21ClN2O4S. The van der Waals surface area contributed by atoms with Crippen molar-refractivity contribution in [2.24, 2.45) is 0 Å². The predicted octanol–water partition coefficient (Wildman–Crippen LogP) is 2.84. The summed E-state index contributed by atoms with van der Waals surface area (Å²) in [5.74, 6) is 0.364. The van der Waals surface area contributed by atoms with E-state index >= 15 is 0 Å². The molecule has 1 amide bonds. The number of ether oxygens (including phenoxy) is 1. The third kappa shape index (κ3) is 4.35. The van der Waals surface area contributed by atoms with Gasteiger partial charge in [0.15, 0.2) is 0 Å². The molecule has 0 heterocycles. The quantitative estimate of drug-likeness (QED) is 0.814. The number of aryl methyl sites for hydroxylation is 1. The average molecular weight is 397 g/mol. The van der Waals surface area contributed by atoms with Crippen LogP contribution in [0.15, 0.2) is 41.3 Å². The van der Waals surface area contributed by atoms with E-state index in [0.717, 1.165) is 11.1 Å². The van der Waals surface area contributed by atoms with E-state index in [1.54, 1.807) is 14.2 Å². The first kappa shape index (κ1) is 20.2. The zero-order valence-corrected chi connectivity index (χ0v) is 16.6. The Balaban J connectivity index is 2.32. The first-order chi connectivity index (χ1) is 12.2. The number of carbonyl (C=O) groups excluding carboxylic acids is 1. The molecule has 26 heavy (non-hydrogen) atoms. The highest BCUT2D eigenvalue weighted by Gasteiger charge is 2.20. The Bertz CT molecular complexity index is 929. The van der Waals surface area contributed by atoms with Crippen molar-refractivity contribution >= 4 is 27.5 Å². The maximum Gasteiger partial charge on any atom is 0.253 e.